The van der Waals surface area contributed by atoms with E-state index in [9.17, 15) is 9.18 Å². The molecule has 1 aliphatic rings. The maximum atomic E-state index is 13.0. The number of benzene rings is 2. The lowest BCUT2D eigenvalue weighted by atomic mass is 10.1. The first kappa shape index (κ1) is 17.3. The van der Waals surface area contributed by atoms with Crippen LogP contribution >= 0.6 is 0 Å². The molecule has 0 aromatic heterocycles. The van der Waals surface area contributed by atoms with Crippen molar-refractivity contribution in [2.75, 3.05) is 37.7 Å². The number of piperazine rings is 1. The molecule has 3 rings (SSSR count). The van der Waals surface area contributed by atoms with Gasteiger partial charge >= 0.3 is 0 Å². The third kappa shape index (κ3) is 4.10. The van der Waals surface area contributed by atoms with E-state index >= 15 is 0 Å². The fourth-order valence-electron chi connectivity index (χ4n) is 2.98. The number of hydrogen-bond donors (Lipinski definition) is 0. The highest BCUT2D eigenvalue weighted by Crippen LogP contribution is 2.21. The number of rotatable bonds is 4. The average Bonchev–Trinajstić information content (AvgIpc) is 2.63. The summed E-state index contributed by atoms with van der Waals surface area (Å²) in [5, 5.41) is 0. The van der Waals surface area contributed by atoms with E-state index < -0.39 is 0 Å². The second-order valence-corrected chi connectivity index (χ2v) is 6.33. The van der Waals surface area contributed by atoms with Gasteiger partial charge in [0.2, 0.25) is 0 Å². The second kappa shape index (κ2) is 7.55. The first-order valence-corrected chi connectivity index (χ1v) is 8.52. The largest absolute Gasteiger partial charge is 0.483 e. The van der Waals surface area contributed by atoms with Crippen LogP contribution in [0.3, 0.4) is 0 Å². The Balaban J connectivity index is 1.51. The van der Waals surface area contributed by atoms with Crippen LogP contribution in [0.1, 0.15) is 11.1 Å². The highest BCUT2D eigenvalue weighted by molar-refractivity contribution is 5.78. The van der Waals surface area contributed by atoms with E-state index in [4.69, 9.17) is 4.74 Å². The van der Waals surface area contributed by atoms with E-state index in [1.165, 1.54) is 12.1 Å². The standard InChI is InChI=1S/C20H23FN2O2/c1-15-4-3-5-19(16(15)2)25-14-20(24)23-12-10-22(11-13-23)18-8-6-17(21)7-9-18/h3-9H,10-14H2,1-2H3. The lowest BCUT2D eigenvalue weighted by Gasteiger charge is -2.36. The van der Waals surface area contributed by atoms with Crippen molar-refractivity contribution in [1.29, 1.82) is 0 Å². The molecule has 0 N–H and O–H groups in total. The van der Waals surface area contributed by atoms with Crippen molar-refractivity contribution in [3.05, 3.63) is 59.4 Å². The van der Waals surface area contributed by atoms with Gasteiger partial charge in [0.25, 0.3) is 5.91 Å². The van der Waals surface area contributed by atoms with Crippen molar-refractivity contribution in [3.63, 3.8) is 0 Å². The van der Waals surface area contributed by atoms with Crippen molar-refractivity contribution in [2.24, 2.45) is 0 Å². The van der Waals surface area contributed by atoms with Gasteiger partial charge in [-0.05, 0) is 55.3 Å². The van der Waals surface area contributed by atoms with Crippen molar-refractivity contribution < 1.29 is 13.9 Å². The summed E-state index contributed by atoms with van der Waals surface area (Å²) in [7, 11) is 0. The quantitative estimate of drug-likeness (QED) is 0.856. The minimum Gasteiger partial charge on any atom is -0.483 e. The van der Waals surface area contributed by atoms with Crippen molar-refractivity contribution in [1.82, 2.24) is 4.90 Å². The Hall–Kier alpha value is -2.56. The Morgan fingerprint density at radius 1 is 1.04 bits per heavy atom. The zero-order valence-electron chi connectivity index (χ0n) is 14.7. The van der Waals surface area contributed by atoms with Gasteiger partial charge in [0.15, 0.2) is 6.61 Å². The maximum Gasteiger partial charge on any atom is 0.260 e. The van der Waals surface area contributed by atoms with Crippen LogP contribution in [0.4, 0.5) is 10.1 Å². The normalized spacial score (nSPS) is 14.5. The summed E-state index contributed by atoms with van der Waals surface area (Å²) in [6, 6.07) is 12.3. The molecule has 2 aromatic rings. The molecule has 0 spiro atoms. The average molecular weight is 342 g/mol. The lowest BCUT2D eigenvalue weighted by Crippen LogP contribution is -2.50. The zero-order valence-corrected chi connectivity index (χ0v) is 14.7. The molecule has 0 unspecified atom stereocenters. The van der Waals surface area contributed by atoms with Gasteiger partial charge in [-0.2, -0.15) is 0 Å². The molecule has 5 heteroatoms. The third-order valence-electron chi connectivity index (χ3n) is 4.73. The summed E-state index contributed by atoms with van der Waals surface area (Å²) in [4.78, 5) is 16.4. The first-order valence-electron chi connectivity index (χ1n) is 8.52. The van der Waals surface area contributed by atoms with Crippen LogP contribution in [-0.4, -0.2) is 43.6 Å². The Morgan fingerprint density at radius 2 is 1.72 bits per heavy atom. The monoisotopic (exact) mass is 342 g/mol. The molecule has 0 saturated carbocycles. The number of hydrogen-bond acceptors (Lipinski definition) is 3. The summed E-state index contributed by atoms with van der Waals surface area (Å²) in [6.45, 7) is 6.84. The van der Waals surface area contributed by atoms with Crippen molar-refractivity contribution in [3.8, 4) is 5.75 Å². The topological polar surface area (TPSA) is 32.8 Å². The summed E-state index contributed by atoms with van der Waals surface area (Å²) in [5.41, 5.74) is 3.20. The number of aryl methyl sites for hydroxylation is 1. The molecule has 1 fully saturated rings. The van der Waals surface area contributed by atoms with Crippen LogP contribution in [0.2, 0.25) is 0 Å². The Bertz CT molecular complexity index is 738. The molecular weight excluding hydrogens is 319 g/mol. The van der Waals surface area contributed by atoms with Crippen LogP contribution < -0.4 is 9.64 Å². The van der Waals surface area contributed by atoms with Crippen molar-refractivity contribution in [2.45, 2.75) is 13.8 Å². The molecule has 1 amide bonds. The number of nitrogens with zero attached hydrogens (tertiary/aromatic N) is 2. The molecule has 0 atom stereocenters. The van der Waals surface area contributed by atoms with Crippen LogP contribution in [0.5, 0.6) is 5.75 Å². The third-order valence-corrected chi connectivity index (χ3v) is 4.73. The molecule has 1 heterocycles. The summed E-state index contributed by atoms with van der Waals surface area (Å²) in [6.07, 6.45) is 0. The highest BCUT2D eigenvalue weighted by Gasteiger charge is 2.21. The molecule has 1 aliphatic heterocycles. The molecule has 25 heavy (non-hydrogen) atoms. The van der Waals surface area contributed by atoms with Gasteiger partial charge in [-0.15, -0.1) is 0 Å². The Labute approximate surface area is 147 Å². The minimum absolute atomic E-state index is 0.000313. The number of carbonyl (C=O) groups is 1. The van der Waals surface area contributed by atoms with Gasteiger partial charge in [0, 0.05) is 31.9 Å². The van der Waals surface area contributed by atoms with E-state index in [1.807, 2.05) is 36.9 Å². The molecule has 0 bridgehead atoms. The fraction of sp³-hybridized carbons (Fsp3) is 0.350. The SMILES string of the molecule is Cc1cccc(OCC(=O)N2CCN(c3ccc(F)cc3)CC2)c1C. The maximum absolute atomic E-state index is 13.0. The van der Waals surface area contributed by atoms with Gasteiger partial charge < -0.3 is 14.5 Å². The molecule has 132 valence electrons. The molecule has 0 aliphatic carbocycles. The number of amides is 1. The molecule has 4 nitrogen and oxygen atoms in total. The molecule has 1 saturated heterocycles. The van der Waals surface area contributed by atoms with Crippen LogP contribution in [0.15, 0.2) is 42.5 Å². The molecule has 2 aromatic carbocycles. The van der Waals surface area contributed by atoms with E-state index in [2.05, 4.69) is 4.90 Å². The minimum atomic E-state index is -0.235. The number of anilines is 1. The first-order chi connectivity index (χ1) is 12.0. The van der Waals surface area contributed by atoms with Gasteiger partial charge in [-0.25, -0.2) is 4.39 Å². The van der Waals surface area contributed by atoms with Crippen molar-refractivity contribution >= 4 is 11.6 Å². The predicted octanol–water partition coefficient (Wildman–Crippen LogP) is 3.17. The number of halogens is 1. The van der Waals surface area contributed by atoms with E-state index in [0.29, 0.717) is 13.1 Å². The van der Waals surface area contributed by atoms with E-state index in [0.717, 1.165) is 35.7 Å². The van der Waals surface area contributed by atoms with Crippen LogP contribution in [0, 0.1) is 19.7 Å². The van der Waals surface area contributed by atoms with Crippen LogP contribution in [0.25, 0.3) is 0 Å². The molecular formula is C20H23FN2O2. The lowest BCUT2D eigenvalue weighted by molar-refractivity contribution is -0.133. The highest BCUT2D eigenvalue weighted by atomic mass is 19.1. The number of carbonyl (C=O) groups excluding carboxylic acids is 1. The van der Waals surface area contributed by atoms with Gasteiger partial charge in [0.05, 0.1) is 0 Å². The zero-order chi connectivity index (χ0) is 17.8. The summed E-state index contributed by atoms with van der Waals surface area (Å²) >= 11 is 0. The van der Waals surface area contributed by atoms with E-state index in [1.54, 1.807) is 12.1 Å². The number of ether oxygens (including phenoxy) is 1. The van der Waals surface area contributed by atoms with Gasteiger partial charge in [-0.1, -0.05) is 12.1 Å². The molecule has 0 radical (unpaired) electrons. The summed E-state index contributed by atoms with van der Waals surface area (Å²) < 4.78 is 18.7. The predicted molar refractivity (Wildman–Crippen MR) is 96.6 cm³/mol. The van der Waals surface area contributed by atoms with E-state index in [-0.39, 0.29) is 18.3 Å². The second-order valence-electron chi connectivity index (χ2n) is 6.33. The summed E-state index contributed by atoms with van der Waals surface area (Å²) in [5.74, 6) is 0.527. The van der Waals surface area contributed by atoms with Gasteiger partial charge in [0.1, 0.15) is 11.6 Å². The van der Waals surface area contributed by atoms with Gasteiger partial charge in [-0.3, -0.25) is 4.79 Å². The fourth-order valence-corrected chi connectivity index (χ4v) is 2.98. The van der Waals surface area contributed by atoms with Crippen LogP contribution in [-0.2, 0) is 4.79 Å². The Morgan fingerprint density at radius 3 is 2.40 bits per heavy atom. The Kier molecular flexibility index (Phi) is 5.22. The smallest absolute Gasteiger partial charge is 0.260 e.